The number of carbonyl (C=O) groups excluding carboxylic acids is 4. The summed E-state index contributed by atoms with van der Waals surface area (Å²) in [4.78, 5) is 48.0. The van der Waals surface area contributed by atoms with Gasteiger partial charge in [-0.3, -0.25) is 29.8 Å². The molecule has 0 unspecified atom stereocenters. The third-order valence-corrected chi connectivity index (χ3v) is 4.42. The standard InChI is InChI=1S/C20H16N2O7/c1-3-27-13-8-12-14(20(26)22-19(12)25)16(28-4-2)15(13)29-9-5-6-10-11(7-9)18(24)21-17(10)23/h5-8H,3-4H2,1-2H3,(H,21,23,24)(H,22,25,26). The monoisotopic (exact) mass is 396 g/mol. The van der Waals surface area contributed by atoms with Crippen molar-refractivity contribution in [2.45, 2.75) is 13.8 Å². The number of hydrogen-bond acceptors (Lipinski definition) is 7. The molecular formula is C20H16N2O7. The Balaban J connectivity index is 1.85. The fourth-order valence-electron chi connectivity index (χ4n) is 3.22. The highest BCUT2D eigenvalue weighted by Gasteiger charge is 2.36. The molecule has 9 nitrogen and oxygen atoms in total. The van der Waals surface area contributed by atoms with Gasteiger partial charge in [-0.25, -0.2) is 0 Å². The van der Waals surface area contributed by atoms with E-state index in [0.29, 0.717) is 0 Å². The summed E-state index contributed by atoms with van der Waals surface area (Å²) in [6, 6.07) is 5.82. The fraction of sp³-hybridized carbons (Fsp3) is 0.200. The molecule has 9 heteroatoms. The van der Waals surface area contributed by atoms with E-state index in [1.54, 1.807) is 13.8 Å². The molecule has 2 aliphatic heterocycles. The highest BCUT2D eigenvalue weighted by Crippen LogP contribution is 2.46. The average molecular weight is 396 g/mol. The number of nitrogens with one attached hydrogen (secondary N) is 2. The lowest BCUT2D eigenvalue weighted by atomic mass is 10.1. The summed E-state index contributed by atoms with van der Waals surface area (Å²) in [6.45, 7) is 3.97. The van der Waals surface area contributed by atoms with Crippen LogP contribution in [0.2, 0.25) is 0 Å². The Hall–Kier alpha value is -3.88. The number of carbonyl (C=O) groups is 4. The smallest absolute Gasteiger partial charge is 0.262 e. The predicted octanol–water partition coefficient (Wildman–Crippen LogP) is 2.04. The predicted molar refractivity (Wildman–Crippen MR) is 98.9 cm³/mol. The van der Waals surface area contributed by atoms with Gasteiger partial charge in [-0.15, -0.1) is 0 Å². The van der Waals surface area contributed by atoms with Crippen molar-refractivity contribution in [3.8, 4) is 23.0 Å². The second-order valence-electron chi connectivity index (χ2n) is 6.20. The van der Waals surface area contributed by atoms with Gasteiger partial charge in [0, 0.05) is 0 Å². The van der Waals surface area contributed by atoms with Gasteiger partial charge in [0.1, 0.15) is 5.75 Å². The van der Waals surface area contributed by atoms with E-state index >= 15 is 0 Å². The van der Waals surface area contributed by atoms with Gasteiger partial charge in [-0.05, 0) is 38.1 Å². The highest BCUT2D eigenvalue weighted by molar-refractivity contribution is 6.23. The molecule has 0 saturated carbocycles. The van der Waals surface area contributed by atoms with Crippen LogP contribution in [0, 0.1) is 0 Å². The maximum absolute atomic E-state index is 12.3. The lowest BCUT2D eigenvalue weighted by Crippen LogP contribution is -2.20. The molecule has 0 saturated heterocycles. The molecule has 0 fully saturated rings. The van der Waals surface area contributed by atoms with Gasteiger partial charge in [0.25, 0.3) is 23.6 Å². The van der Waals surface area contributed by atoms with Crippen LogP contribution in [-0.2, 0) is 0 Å². The Morgan fingerprint density at radius 2 is 1.38 bits per heavy atom. The van der Waals surface area contributed by atoms with E-state index in [4.69, 9.17) is 14.2 Å². The first-order chi connectivity index (χ1) is 13.9. The van der Waals surface area contributed by atoms with Crippen LogP contribution >= 0.6 is 0 Å². The van der Waals surface area contributed by atoms with Crippen molar-refractivity contribution in [1.29, 1.82) is 0 Å². The molecule has 2 aliphatic rings. The first kappa shape index (κ1) is 18.5. The minimum atomic E-state index is -0.597. The Bertz CT molecular complexity index is 1090. The fourth-order valence-corrected chi connectivity index (χ4v) is 3.22. The summed E-state index contributed by atoms with van der Waals surface area (Å²) in [5.41, 5.74) is 0.617. The number of hydrogen-bond donors (Lipinski definition) is 2. The lowest BCUT2D eigenvalue weighted by molar-refractivity contribution is 0.0862. The van der Waals surface area contributed by atoms with Crippen LogP contribution < -0.4 is 24.8 Å². The van der Waals surface area contributed by atoms with Crippen molar-refractivity contribution in [3.63, 3.8) is 0 Å². The molecule has 2 N–H and O–H groups in total. The molecule has 0 bridgehead atoms. The first-order valence-electron chi connectivity index (χ1n) is 8.94. The van der Waals surface area contributed by atoms with Crippen molar-refractivity contribution in [2.75, 3.05) is 13.2 Å². The molecule has 2 aromatic carbocycles. The zero-order valence-electron chi connectivity index (χ0n) is 15.6. The van der Waals surface area contributed by atoms with Gasteiger partial charge in [-0.1, -0.05) is 0 Å². The van der Waals surface area contributed by atoms with E-state index in [9.17, 15) is 19.2 Å². The zero-order chi connectivity index (χ0) is 20.7. The van der Waals surface area contributed by atoms with E-state index in [2.05, 4.69) is 10.6 Å². The summed E-state index contributed by atoms with van der Waals surface area (Å²) in [6.07, 6.45) is 0. The highest BCUT2D eigenvalue weighted by atomic mass is 16.5. The molecule has 2 aromatic rings. The summed E-state index contributed by atoms with van der Waals surface area (Å²) >= 11 is 0. The molecule has 148 valence electrons. The summed E-state index contributed by atoms with van der Waals surface area (Å²) < 4.78 is 17.2. The number of fused-ring (bicyclic) bond motifs is 2. The van der Waals surface area contributed by atoms with Crippen LogP contribution in [0.5, 0.6) is 23.0 Å². The summed E-state index contributed by atoms with van der Waals surface area (Å²) in [7, 11) is 0. The molecule has 0 radical (unpaired) electrons. The van der Waals surface area contributed by atoms with Gasteiger partial charge >= 0.3 is 0 Å². The van der Waals surface area contributed by atoms with E-state index in [0.717, 1.165) is 0 Å². The molecule has 0 aliphatic carbocycles. The maximum atomic E-state index is 12.3. The molecule has 2 heterocycles. The Morgan fingerprint density at radius 3 is 2.10 bits per heavy atom. The molecule has 4 rings (SSSR count). The van der Waals surface area contributed by atoms with Crippen molar-refractivity contribution < 1.29 is 33.4 Å². The Morgan fingerprint density at radius 1 is 0.724 bits per heavy atom. The third kappa shape index (κ3) is 2.96. The number of benzene rings is 2. The van der Waals surface area contributed by atoms with Gasteiger partial charge in [0.2, 0.25) is 5.75 Å². The first-order valence-corrected chi connectivity index (χ1v) is 8.94. The van der Waals surface area contributed by atoms with Crippen LogP contribution in [0.25, 0.3) is 0 Å². The quantitative estimate of drug-likeness (QED) is 0.717. The molecule has 0 atom stereocenters. The van der Waals surface area contributed by atoms with Gasteiger partial charge < -0.3 is 14.2 Å². The van der Waals surface area contributed by atoms with Crippen LogP contribution in [0.15, 0.2) is 24.3 Å². The second-order valence-corrected chi connectivity index (χ2v) is 6.20. The molecule has 0 aromatic heterocycles. The molecule has 29 heavy (non-hydrogen) atoms. The van der Waals surface area contributed by atoms with E-state index in [-0.39, 0.29) is 58.5 Å². The van der Waals surface area contributed by atoms with Crippen LogP contribution in [-0.4, -0.2) is 36.8 Å². The normalized spacial score (nSPS) is 14.3. The minimum absolute atomic E-state index is 0.0596. The van der Waals surface area contributed by atoms with Crippen LogP contribution in [0.1, 0.15) is 55.3 Å². The molecule has 0 spiro atoms. The van der Waals surface area contributed by atoms with E-state index in [1.807, 2.05) is 0 Å². The van der Waals surface area contributed by atoms with Crippen LogP contribution in [0.4, 0.5) is 0 Å². The zero-order valence-corrected chi connectivity index (χ0v) is 15.6. The van der Waals surface area contributed by atoms with Crippen molar-refractivity contribution in [2.24, 2.45) is 0 Å². The van der Waals surface area contributed by atoms with Crippen molar-refractivity contribution >= 4 is 23.6 Å². The number of imide groups is 2. The molecular weight excluding hydrogens is 380 g/mol. The summed E-state index contributed by atoms with van der Waals surface area (Å²) in [5, 5.41) is 4.43. The SMILES string of the molecule is CCOc1cc2c(c(OCC)c1Oc1ccc3c(c1)C(=O)NC3=O)C(=O)NC2=O. The lowest BCUT2D eigenvalue weighted by Gasteiger charge is -2.18. The average Bonchev–Trinajstić information content (AvgIpc) is 3.13. The van der Waals surface area contributed by atoms with Gasteiger partial charge in [0.05, 0.1) is 35.5 Å². The van der Waals surface area contributed by atoms with E-state index in [1.165, 1.54) is 24.3 Å². The maximum Gasteiger partial charge on any atom is 0.262 e. The van der Waals surface area contributed by atoms with Crippen molar-refractivity contribution in [1.82, 2.24) is 10.6 Å². The largest absolute Gasteiger partial charge is 0.490 e. The number of ether oxygens (including phenoxy) is 3. The Kier molecular flexibility index (Phi) is 4.42. The Labute approximate surface area is 164 Å². The van der Waals surface area contributed by atoms with Crippen molar-refractivity contribution in [3.05, 3.63) is 46.5 Å². The third-order valence-electron chi connectivity index (χ3n) is 4.42. The number of rotatable bonds is 6. The second kappa shape index (κ2) is 6.93. The number of amides is 4. The van der Waals surface area contributed by atoms with Crippen LogP contribution in [0.3, 0.4) is 0 Å². The minimum Gasteiger partial charge on any atom is -0.490 e. The van der Waals surface area contributed by atoms with Gasteiger partial charge in [-0.2, -0.15) is 0 Å². The van der Waals surface area contributed by atoms with E-state index < -0.39 is 23.6 Å². The summed E-state index contributed by atoms with van der Waals surface area (Å²) in [5.74, 6) is -1.54. The topological polar surface area (TPSA) is 120 Å². The van der Waals surface area contributed by atoms with Gasteiger partial charge in [0.15, 0.2) is 11.5 Å². The molecule has 4 amide bonds.